The van der Waals surface area contributed by atoms with Crippen LogP contribution in [0, 0.1) is 0 Å². The van der Waals surface area contributed by atoms with Crippen molar-refractivity contribution in [3.63, 3.8) is 0 Å². The van der Waals surface area contributed by atoms with Gasteiger partial charge in [-0.3, -0.25) is 0 Å². The Morgan fingerprint density at radius 2 is 2.30 bits per heavy atom. The van der Waals surface area contributed by atoms with Gasteiger partial charge >= 0.3 is 0 Å². The Morgan fingerprint density at radius 3 is 2.70 bits per heavy atom. The van der Waals surface area contributed by atoms with Crippen LogP contribution < -0.4 is 5.32 Å². The Balaban J connectivity index is 2.95. The first-order valence-corrected chi connectivity index (χ1v) is 6.52. The second-order valence-electron chi connectivity index (χ2n) is 3.01. The average molecular weight is 151 g/mol. The highest BCUT2D eigenvalue weighted by atomic mass is 28.3. The Hall–Kier alpha value is -0.763. The van der Waals surface area contributed by atoms with E-state index in [9.17, 15) is 0 Å². The number of aromatic nitrogens is 1. The maximum Gasteiger partial charge on any atom is 0.124 e. The molecule has 0 spiro atoms. The van der Waals surface area contributed by atoms with E-state index in [2.05, 4.69) is 36.4 Å². The van der Waals surface area contributed by atoms with Gasteiger partial charge in [0, 0.05) is 11.5 Å². The molecule has 0 aliphatic rings. The van der Waals surface area contributed by atoms with E-state index in [-0.39, 0.29) is 0 Å². The minimum atomic E-state index is -1.29. The van der Waals surface area contributed by atoms with E-state index in [4.69, 9.17) is 0 Å². The predicted octanol–water partition coefficient (Wildman–Crippen LogP) is 1.66. The molecule has 0 aromatic carbocycles. The standard InChI is InChI=1S/C8H13NSi/c1-4-10(2,3)8-6-5-7-9-8/h4-7,9H,1H2,2-3H3. The molecule has 2 heteroatoms. The zero-order valence-electron chi connectivity index (χ0n) is 6.52. The summed E-state index contributed by atoms with van der Waals surface area (Å²) in [6.07, 6.45) is 1.97. The van der Waals surface area contributed by atoms with Crippen molar-refractivity contribution in [3.8, 4) is 0 Å². The van der Waals surface area contributed by atoms with Crippen LogP contribution >= 0.6 is 0 Å². The third-order valence-corrected chi connectivity index (χ3v) is 4.52. The van der Waals surface area contributed by atoms with Gasteiger partial charge in [0.1, 0.15) is 8.07 Å². The first-order chi connectivity index (χ1) is 4.67. The number of aromatic amines is 1. The predicted molar refractivity (Wildman–Crippen MR) is 48.1 cm³/mol. The highest BCUT2D eigenvalue weighted by molar-refractivity contribution is 6.93. The largest absolute Gasteiger partial charge is 0.368 e. The Kier molecular flexibility index (Phi) is 1.81. The van der Waals surface area contributed by atoms with Gasteiger partial charge in [-0.05, 0) is 12.1 Å². The van der Waals surface area contributed by atoms with Gasteiger partial charge in [-0.15, -0.1) is 6.58 Å². The van der Waals surface area contributed by atoms with Crippen LogP contribution in [-0.2, 0) is 0 Å². The maximum absolute atomic E-state index is 3.83. The van der Waals surface area contributed by atoms with Gasteiger partial charge in [-0.25, -0.2) is 0 Å². The van der Waals surface area contributed by atoms with E-state index in [1.54, 1.807) is 0 Å². The fraction of sp³-hybridized carbons (Fsp3) is 0.250. The molecule has 0 unspecified atom stereocenters. The van der Waals surface area contributed by atoms with E-state index in [1.165, 1.54) is 5.32 Å². The van der Waals surface area contributed by atoms with Gasteiger partial charge in [-0.1, -0.05) is 18.8 Å². The Bertz CT molecular complexity index is 211. The van der Waals surface area contributed by atoms with Crippen LogP contribution in [0.3, 0.4) is 0 Å². The Morgan fingerprint density at radius 1 is 1.60 bits per heavy atom. The normalized spacial score (nSPS) is 11.4. The monoisotopic (exact) mass is 151 g/mol. The van der Waals surface area contributed by atoms with Crippen LogP contribution in [0.25, 0.3) is 0 Å². The molecule has 0 fully saturated rings. The maximum atomic E-state index is 3.83. The summed E-state index contributed by atoms with van der Waals surface area (Å²) >= 11 is 0. The van der Waals surface area contributed by atoms with Crippen molar-refractivity contribution < 1.29 is 0 Å². The molecule has 1 aromatic rings. The summed E-state index contributed by atoms with van der Waals surface area (Å²) < 4.78 is 0. The molecule has 0 atom stereocenters. The highest BCUT2D eigenvalue weighted by Crippen LogP contribution is 2.01. The molecule has 1 rings (SSSR count). The lowest BCUT2D eigenvalue weighted by molar-refractivity contribution is 1.45. The molecular weight excluding hydrogens is 138 g/mol. The molecule has 1 heterocycles. The lowest BCUT2D eigenvalue weighted by atomic mass is 10.7. The summed E-state index contributed by atoms with van der Waals surface area (Å²) in [5.41, 5.74) is 2.08. The third kappa shape index (κ3) is 1.21. The van der Waals surface area contributed by atoms with Gasteiger partial charge in [0.05, 0.1) is 0 Å². The van der Waals surface area contributed by atoms with Crippen molar-refractivity contribution in [2.45, 2.75) is 13.1 Å². The second kappa shape index (κ2) is 2.46. The zero-order chi connectivity index (χ0) is 7.61. The van der Waals surface area contributed by atoms with Gasteiger partial charge in [0.15, 0.2) is 0 Å². The van der Waals surface area contributed by atoms with E-state index < -0.39 is 8.07 Å². The topological polar surface area (TPSA) is 15.8 Å². The lowest BCUT2D eigenvalue weighted by Crippen LogP contribution is -2.39. The fourth-order valence-corrected chi connectivity index (χ4v) is 2.04. The minimum Gasteiger partial charge on any atom is -0.368 e. The minimum absolute atomic E-state index is 1.29. The van der Waals surface area contributed by atoms with Crippen LogP contribution in [0.1, 0.15) is 0 Å². The van der Waals surface area contributed by atoms with Crippen molar-refractivity contribution in [1.82, 2.24) is 4.98 Å². The first kappa shape index (κ1) is 7.35. The number of hydrogen-bond acceptors (Lipinski definition) is 0. The van der Waals surface area contributed by atoms with E-state index in [0.717, 1.165) is 0 Å². The summed E-state index contributed by atoms with van der Waals surface area (Å²) in [6, 6.07) is 4.17. The van der Waals surface area contributed by atoms with Crippen LogP contribution in [0.2, 0.25) is 13.1 Å². The molecule has 0 saturated carbocycles. The second-order valence-corrected chi connectivity index (χ2v) is 7.40. The van der Waals surface area contributed by atoms with E-state index in [1.807, 2.05) is 12.3 Å². The third-order valence-electron chi connectivity index (χ3n) is 1.80. The number of H-pyrrole nitrogens is 1. The number of rotatable bonds is 2. The molecule has 0 aliphatic carbocycles. The number of hydrogen-bond donors (Lipinski definition) is 1. The smallest absolute Gasteiger partial charge is 0.124 e. The van der Waals surface area contributed by atoms with Crippen molar-refractivity contribution in [2.75, 3.05) is 0 Å². The average Bonchev–Trinajstić information content (AvgIpc) is 2.38. The van der Waals surface area contributed by atoms with Crippen LogP contribution in [0.5, 0.6) is 0 Å². The lowest BCUT2D eigenvalue weighted by Gasteiger charge is -2.14. The van der Waals surface area contributed by atoms with E-state index in [0.29, 0.717) is 0 Å². The fourth-order valence-electron chi connectivity index (χ4n) is 0.841. The van der Waals surface area contributed by atoms with Gasteiger partial charge < -0.3 is 4.98 Å². The molecule has 1 nitrogen and oxygen atoms in total. The van der Waals surface area contributed by atoms with Crippen LogP contribution in [0.4, 0.5) is 0 Å². The molecular formula is C8H13NSi. The molecule has 1 N–H and O–H groups in total. The molecule has 0 bridgehead atoms. The molecule has 54 valence electrons. The molecule has 10 heavy (non-hydrogen) atoms. The van der Waals surface area contributed by atoms with Crippen LogP contribution in [-0.4, -0.2) is 13.1 Å². The molecule has 0 saturated heterocycles. The summed E-state index contributed by atoms with van der Waals surface area (Å²) in [4.78, 5) is 3.22. The first-order valence-electron chi connectivity index (χ1n) is 3.44. The zero-order valence-corrected chi connectivity index (χ0v) is 7.52. The summed E-state index contributed by atoms with van der Waals surface area (Å²) in [7, 11) is -1.29. The van der Waals surface area contributed by atoms with Crippen molar-refractivity contribution in [3.05, 3.63) is 30.6 Å². The van der Waals surface area contributed by atoms with Crippen molar-refractivity contribution in [2.24, 2.45) is 0 Å². The van der Waals surface area contributed by atoms with Crippen LogP contribution in [0.15, 0.2) is 30.6 Å². The molecule has 0 radical (unpaired) electrons. The van der Waals surface area contributed by atoms with Gasteiger partial charge in [0.25, 0.3) is 0 Å². The van der Waals surface area contributed by atoms with Gasteiger partial charge in [0.2, 0.25) is 0 Å². The molecule has 0 aliphatic heterocycles. The summed E-state index contributed by atoms with van der Waals surface area (Å²) in [5.74, 6) is 0. The Labute approximate surface area is 62.8 Å². The molecule has 1 aromatic heterocycles. The SMILES string of the molecule is C=C[Si](C)(C)c1ccc[nH]1. The van der Waals surface area contributed by atoms with Gasteiger partial charge in [-0.2, -0.15) is 0 Å². The van der Waals surface area contributed by atoms with Crippen molar-refractivity contribution in [1.29, 1.82) is 0 Å². The number of nitrogens with one attached hydrogen (secondary N) is 1. The quantitative estimate of drug-likeness (QED) is 0.619. The van der Waals surface area contributed by atoms with E-state index >= 15 is 0 Å². The summed E-state index contributed by atoms with van der Waals surface area (Å²) in [6.45, 7) is 8.37. The highest BCUT2D eigenvalue weighted by Gasteiger charge is 2.18. The van der Waals surface area contributed by atoms with Crippen molar-refractivity contribution >= 4 is 13.4 Å². The summed E-state index contributed by atoms with van der Waals surface area (Å²) in [5, 5.41) is 1.35. The molecule has 0 amide bonds.